The Hall–Kier alpha value is -2.04. The Bertz CT molecular complexity index is 493. The van der Waals surface area contributed by atoms with Gasteiger partial charge in [0.2, 0.25) is 5.88 Å². The van der Waals surface area contributed by atoms with Crippen molar-refractivity contribution < 1.29 is 4.74 Å². The molecule has 0 saturated carbocycles. The smallest absolute Gasteiger partial charge is 0.241 e. The van der Waals surface area contributed by atoms with Crippen molar-refractivity contribution in [2.75, 3.05) is 5.73 Å². The number of aryl methyl sites for hydroxylation is 2. The van der Waals surface area contributed by atoms with Crippen LogP contribution < -0.4 is 10.5 Å². The highest BCUT2D eigenvalue weighted by Crippen LogP contribution is 2.29. The molecule has 2 aromatic heterocycles. The lowest BCUT2D eigenvalue weighted by molar-refractivity contribution is 0.409. The maximum atomic E-state index is 5.95. The van der Waals surface area contributed by atoms with Gasteiger partial charge in [-0.1, -0.05) is 6.92 Å². The number of pyridine rings is 1. The molecule has 0 unspecified atom stereocenters. The lowest BCUT2D eigenvalue weighted by Crippen LogP contribution is -2.02. The molecule has 2 rings (SSSR count). The van der Waals surface area contributed by atoms with Crippen LogP contribution in [0.2, 0.25) is 0 Å². The molecule has 0 aromatic carbocycles. The first-order valence-electron chi connectivity index (χ1n) is 5.63. The van der Waals surface area contributed by atoms with Crippen molar-refractivity contribution in [1.82, 2.24) is 14.8 Å². The fourth-order valence-electron chi connectivity index (χ4n) is 1.56. The minimum absolute atomic E-state index is 0.585. The highest BCUT2D eigenvalue weighted by atomic mass is 16.5. The maximum Gasteiger partial charge on any atom is 0.241 e. The topological polar surface area (TPSA) is 66.0 Å². The first kappa shape index (κ1) is 11.4. The Morgan fingerprint density at radius 1 is 1.47 bits per heavy atom. The van der Waals surface area contributed by atoms with Gasteiger partial charge in [0.05, 0.1) is 11.9 Å². The molecule has 2 aromatic rings. The van der Waals surface area contributed by atoms with Gasteiger partial charge in [-0.25, -0.2) is 4.68 Å². The first-order valence-corrected chi connectivity index (χ1v) is 5.63. The molecule has 0 atom stereocenters. The molecule has 0 aliphatic heterocycles. The Morgan fingerprint density at radius 2 is 2.29 bits per heavy atom. The number of anilines is 1. The zero-order valence-corrected chi connectivity index (χ0v) is 10.1. The minimum atomic E-state index is 0.585. The number of nitrogens with zero attached hydrogens (tertiary/aromatic N) is 3. The van der Waals surface area contributed by atoms with E-state index in [0.29, 0.717) is 17.3 Å². The van der Waals surface area contributed by atoms with E-state index in [0.717, 1.165) is 18.7 Å². The summed E-state index contributed by atoms with van der Waals surface area (Å²) in [6.45, 7) is 4.74. The van der Waals surface area contributed by atoms with Gasteiger partial charge >= 0.3 is 0 Å². The Morgan fingerprint density at radius 3 is 2.94 bits per heavy atom. The highest BCUT2D eigenvalue weighted by molar-refractivity contribution is 5.53. The van der Waals surface area contributed by atoms with Gasteiger partial charge in [-0.3, -0.25) is 4.98 Å². The van der Waals surface area contributed by atoms with Crippen molar-refractivity contribution in [3.63, 3.8) is 0 Å². The summed E-state index contributed by atoms with van der Waals surface area (Å²) in [7, 11) is 0. The number of nitrogens with two attached hydrogens (primary N) is 1. The number of ether oxygens (including phenoxy) is 1. The molecule has 90 valence electrons. The van der Waals surface area contributed by atoms with Crippen LogP contribution in [0.4, 0.5) is 5.69 Å². The van der Waals surface area contributed by atoms with Crippen LogP contribution in [0.3, 0.4) is 0 Å². The van der Waals surface area contributed by atoms with E-state index in [1.54, 1.807) is 17.1 Å². The Balaban J connectivity index is 2.31. The number of hydrogen-bond donors (Lipinski definition) is 1. The Kier molecular flexibility index (Phi) is 3.27. The summed E-state index contributed by atoms with van der Waals surface area (Å²) in [6.07, 6.45) is 4.33. The van der Waals surface area contributed by atoms with Crippen LogP contribution in [0.15, 0.2) is 24.5 Å². The van der Waals surface area contributed by atoms with Crippen molar-refractivity contribution in [3.8, 4) is 11.6 Å². The average Bonchev–Trinajstić information content (AvgIpc) is 2.59. The van der Waals surface area contributed by atoms with E-state index in [9.17, 15) is 0 Å². The van der Waals surface area contributed by atoms with Crippen molar-refractivity contribution in [2.24, 2.45) is 0 Å². The third kappa shape index (κ3) is 2.38. The second kappa shape index (κ2) is 4.86. The van der Waals surface area contributed by atoms with Gasteiger partial charge in [0.1, 0.15) is 11.4 Å². The van der Waals surface area contributed by atoms with Crippen LogP contribution in [0, 0.1) is 6.92 Å². The monoisotopic (exact) mass is 232 g/mol. The molecule has 5 heteroatoms. The normalized spacial score (nSPS) is 10.5. The van der Waals surface area contributed by atoms with E-state index in [4.69, 9.17) is 10.5 Å². The summed E-state index contributed by atoms with van der Waals surface area (Å²) < 4.78 is 7.52. The molecule has 0 fully saturated rings. The maximum absolute atomic E-state index is 5.95. The molecule has 17 heavy (non-hydrogen) atoms. The number of rotatable bonds is 4. The summed E-state index contributed by atoms with van der Waals surface area (Å²) in [5, 5.41) is 4.34. The number of hydrogen-bond acceptors (Lipinski definition) is 4. The van der Waals surface area contributed by atoms with Crippen molar-refractivity contribution >= 4 is 5.69 Å². The lowest BCUT2D eigenvalue weighted by Gasteiger charge is -2.08. The molecule has 0 bridgehead atoms. The van der Waals surface area contributed by atoms with Crippen molar-refractivity contribution in [1.29, 1.82) is 0 Å². The fourth-order valence-corrected chi connectivity index (χ4v) is 1.56. The van der Waals surface area contributed by atoms with Crippen molar-refractivity contribution in [3.05, 3.63) is 30.2 Å². The van der Waals surface area contributed by atoms with E-state index in [1.165, 1.54) is 0 Å². The Labute approximate surface area is 100 Å². The van der Waals surface area contributed by atoms with Gasteiger partial charge in [0.25, 0.3) is 0 Å². The van der Waals surface area contributed by atoms with Crippen LogP contribution >= 0.6 is 0 Å². The van der Waals surface area contributed by atoms with Crippen LogP contribution in [-0.4, -0.2) is 14.8 Å². The molecule has 2 N–H and O–H groups in total. The molecular formula is C12H16N4O. The van der Waals surface area contributed by atoms with E-state index >= 15 is 0 Å². The number of nitrogen functional groups attached to an aromatic ring is 1. The zero-order chi connectivity index (χ0) is 12.3. The molecule has 5 nitrogen and oxygen atoms in total. The van der Waals surface area contributed by atoms with Crippen LogP contribution in [0.1, 0.15) is 19.0 Å². The second-order valence-electron chi connectivity index (χ2n) is 3.82. The first-order chi connectivity index (χ1) is 8.22. The SMILES string of the molecule is CCCn1nc(C)c(N)c1Oc1cccnc1. The molecule has 0 spiro atoms. The van der Waals surface area contributed by atoms with Gasteiger partial charge in [0.15, 0.2) is 0 Å². The van der Waals surface area contributed by atoms with Crippen LogP contribution in [0.25, 0.3) is 0 Å². The lowest BCUT2D eigenvalue weighted by atomic mass is 10.4. The van der Waals surface area contributed by atoms with Crippen LogP contribution in [0.5, 0.6) is 11.6 Å². The number of aromatic nitrogens is 3. The van der Waals surface area contributed by atoms with Gasteiger partial charge in [-0.15, -0.1) is 0 Å². The summed E-state index contributed by atoms with van der Waals surface area (Å²) >= 11 is 0. The zero-order valence-electron chi connectivity index (χ0n) is 10.1. The highest BCUT2D eigenvalue weighted by Gasteiger charge is 2.14. The van der Waals surface area contributed by atoms with E-state index < -0.39 is 0 Å². The summed E-state index contributed by atoms with van der Waals surface area (Å²) in [5.41, 5.74) is 7.33. The van der Waals surface area contributed by atoms with E-state index in [1.807, 2.05) is 19.1 Å². The summed E-state index contributed by atoms with van der Waals surface area (Å²) in [6, 6.07) is 3.66. The molecule has 0 radical (unpaired) electrons. The minimum Gasteiger partial charge on any atom is -0.436 e. The largest absolute Gasteiger partial charge is 0.436 e. The van der Waals surface area contributed by atoms with Gasteiger partial charge in [-0.2, -0.15) is 5.10 Å². The standard InChI is InChI=1S/C12H16N4O/c1-3-7-16-12(11(13)9(2)15-16)17-10-5-4-6-14-8-10/h4-6,8H,3,7,13H2,1-2H3. The summed E-state index contributed by atoms with van der Waals surface area (Å²) in [4.78, 5) is 4.00. The quantitative estimate of drug-likeness (QED) is 0.878. The van der Waals surface area contributed by atoms with Gasteiger partial charge in [-0.05, 0) is 25.5 Å². The molecular weight excluding hydrogens is 216 g/mol. The predicted molar refractivity (Wildman–Crippen MR) is 66.0 cm³/mol. The van der Waals surface area contributed by atoms with Gasteiger partial charge in [0, 0.05) is 12.7 Å². The van der Waals surface area contributed by atoms with E-state index in [-0.39, 0.29) is 0 Å². The average molecular weight is 232 g/mol. The molecule has 0 aliphatic carbocycles. The molecule has 0 aliphatic rings. The van der Waals surface area contributed by atoms with E-state index in [2.05, 4.69) is 17.0 Å². The molecule has 0 amide bonds. The molecule has 2 heterocycles. The van der Waals surface area contributed by atoms with Gasteiger partial charge < -0.3 is 10.5 Å². The predicted octanol–water partition coefficient (Wildman–Crippen LogP) is 2.37. The second-order valence-corrected chi connectivity index (χ2v) is 3.82. The molecule has 0 saturated heterocycles. The third-order valence-electron chi connectivity index (χ3n) is 2.41. The third-order valence-corrected chi connectivity index (χ3v) is 2.41. The fraction of sp³-hybridized carbons (Fsp3) is 0.333. The summed E-state index contributed by atoms with van der Waals surface area (Å²) in [5.74, 6) is 1.26. The van der Waals surface area contributed by atoms with Crippen molar-refractivity contribution in [2.45, 2.75) is 26.8 Å². The van der Waals surface area contributed by atoms with Crippen LogP contribution in [-0.2, 0) is 6.54 Å².